The van der Waals surface area contributed by atoms with E-state index < -0.39 is 4.92 Å². The molecule has 0 bridgehead atoms. The quantitative estimate of drug-likeness (QED) is 0.539. The fourth-order valence-corrected chi connectivity index (χ4v) is 0.990. The maximum absolute atomic E-state index is 10.4. The molecule has 0 spiro atoms. The van der Waals surface area contributed by atoms with E-state index in [9.17, 15) is 10.1 Å². The highest BCUT2D eigenvalue weighted by Crippen LogP contribution is 2.14. The highest BCUT2D eigenvalue weighted by Gasteiger charge is 2.02. The van der Waals surface area contributed by atoms with Crippen molar-refractivity contribution in [2.45, 2.75) is 6.42 Å². The molecule has 0 atom stereocenters. The fraction of sp³-hybridized carbons (Fsp3) is 0.100. The zero-order valence-electron chi connectivity index (χ0n) is 7.38. The Labute approximate surface area is 81.2 Å². The molecule has 0 aliphatic carbocycles. The minimum Gasteiger partial charge on any atom is -0.258 e. The third-order valence-electron chi connectivity index (χ3n) is 1.60. The van der Waals surface area contributed by atoms with E-state index in [0.717, 1.165) is 5.56 Å². The number of nitro benzene ring substituents is 1. The Bertz CT molecular complexity index is 405. The Kier molecular flexibility index (Phi) is 3.39. The second-order valence-electron chi connectivity index (χ2n) is 2.62. The highest BCUT2D eigenvalue weighted by molar-refractivity contribution is 5.53. The SMILES string of the molecule is N#[11C]C/C=C/c1cccc([N+](=O)[O-])c1. The van der Waals surface area contributed by atoms with Crippen LogP contribution in [0.15, 0.2) is 30.3 Å². The number of hydrogen-bond acceptors (Lipinski definition) is 3. The van der Waals surface area contributed by atoms with E-state index >= 15 is 0 Å². The van der Waals surface area contributed by atoms with Gasteiger partial charge in [-0.3, -0.25) is 10.1 Å². The Morgan fingerprint density at radius 3 is 3.00 bits per heavy atom. The van der Waals surface area contributed by atoms with E-state index in [4.69, 9.17) is 5.26 Å². The first-order valence-electron chi connectivity index (χ1n) is 4.02. The first-order valence-corrected chi connectivity index (χ1v) is 4.02. The third kappa shape index (κ3) is 2.72. The van der Waals surface area contributed by atoms with Crippen molar-refractivity contribution in [2.24, 2.45) is 0 Å². The van der Waals surface area contributed by atoms with Crippen LogP contribution in [0.4, 0.5) is 5.69 Å². The summed E-state index contributed by atoms with van der Waals surface area (Å²) in [4.78, 5) is 9.97. The van der Waals surface area contributed by atoms with Crippen LogP contribution in [0.3, 0.4) is 0 Å². The van der Waals surface area contributed by atoms with Crippen molar-refractivity contribution in [3.63, 3.8) is 0 Å². The standard InChI is InChI=1S/C10H8N2O2/c11-7-2-1-4-9-5-3-6-10(8-9)12(13)14/h1,3-6,8H,2H2/b4-1+/i7-1. The molecule has 0 saturated carbocycles. The molecule has 0 fully saturated rings. The lowest BCUT2D eigenvalue weighted by molar-refractivity contribution is -0.384. The average molecular weight is 187 g/mol. The molecule has 0 aliphatic rings. The number of nitrogens with zero attached hydrogens (tertiary/aromatic N) is 2. The minimum atomic E-state index is -0.443. The van der Waals surface area contributed by atoms with Crippen LogP contribution < -0.4 is 0 Å². The largest absolute Gasteiger partial charge is 0.270 e. The summed E-state index contributed by atoms with van der Waals surface area (Å²) in [6, 6.07) is 8.22. The van der Waals surface area contributed by atoms with Crippen molar-refractivity contribution in [1.82, 2.24) is 0 Å². The second kappa shape index (κ2) is 4.77. The Morgan fingerprint density at radius 2 is 2.36 bits per heavy atom. The number of allylic oxidation sites excluding steroid dienone is 1. The van der Waals surface area contributed by atoms with E-state index in [1.807, 2.05) is 6.07 Å². The zero-order valence-corrected chi connectivity index (χ0v) is 7.38. The zero-order chi connectivity index (χ0) is 10.4. The molecule has 0 saturated heterocycles. The number of nitriles is 1. The Morgan fingerprint density at radius 1 is 1.57 bits per heavy atom. The summed E-state index contributed by atoms with van der Waals surface area (Å²) >= 11 is 0. The lowest BCUT2D eigenvalue weighted by Crippen LogP contribution is -1.87. The molecular formula is C10H8N2O2. The molecule has 0 heterocycles. The first kappa shape index (κ1) is 9.93. The third-order valence-corrected chi connectivity index (χ3v) is 1.60. The number of hydrogen-bond donors (Lipinski definition) is 0. The van der Waals surface area contributed by atoms with Crippen molar-refractivity contribution in [2.75, 3.05) is 0 Å². The Hall–Kier alpha value is -2.15. The predicted molar refractivity (Wildman–Crippen MR) is 52.4 cm³/mol. The van der Waals surface area contributed by atoms with Gasteiger partial charge in [0.25, 0.3) is 5.69 Å². The van der Waals surface area contributed by atoms with E-state index in [0.29, 0.717) is 6.42 Å². The number of benzene rings is 1. The molecular weight excluding hydrogens is 179 g/mol. The van der Waals surface area contributed by atoms with Crippen LogP contribution in [-0.4, -0.2) is 4.92 Å². The number of nitro groups is 1. The van der Waals surface area contributed by atoms with Gasteiger partial charge in [-0.1, -0.05) is 24.3 Å². The number of rotatable bonds is 3. The van der Waals surface area contributed by atoms with Crippen molar-refractivity contribution < 1.29 is 4.92 Å². The van der Waals surface area contributed by atoms with Gasteiger partial charge in [-0.15, -0.1) is 0 Å². The monoisotopic (exact) mass is 187 g/mol. The second-order valence-corrected chi connectivity index (χ2v) is 2.62. The molecule has 4 nitrogen and oxygen atoms in total. The molecule has 70 valence electrons. The van der Waals surface area contributed by atoms with Gasteiger partial charge in [0.15, 0.2) is 0 Å². The average Bonchev–Trinajstić information content (AvgIpc) is 2.19. The van der Waals surface area contributed by atoms with Gasteiger partial charge in [0.2, 0.25) is 0 Å². The summed E-state index contributed by atoms with van der Waals surface area (Å²) in [5.74, 6) is 0. The highest BCUT2D eigenvalue weighted by atomic mass is 16.6. The molecule has 0 aromatic heterocycles. The summed E-state index contributed by atoms with van der Waals surface area (Å²) in [5, 5.41) is 18.7. The molecule has 14 heavy (non-hydrogen) atoms. The maximum Gasteiger partial charge on any atom is 0.270 e. The van der Waals surface area contributed by atoms with E-state index in [-0.39, 0.29) is 5.69 Å². The lowest BCUT2D eigenvalue weighted by atomic mass is 10.1. The molecule has 0 unspecified atom stereocenters. The molecule has 0 aliphatic heterocycles. The summed E-state index contributed by atoms with van der Waals surface area (Å²) in [6.45, 7) is 0. The van der Waals surface area contributed by atoms with Crippen LogP contribution in [0.25, 0.3) is 6.08 Å². The van der Waals surface area contributed by atoms with Gasteiger partial charge in [-0.05, 0) is 5.56 Å². The van der Waals surface area contributed by atoms with Gasteiger partial charge in [0.1, 0.15) is 0 Å². The summed E-state index contributed by atoms with van der Waals surface area (Å²) in [7, 11) is 0. The van der Waals surface area contributed by atoms with Gasteiger partial charge in [0.05, 0.1) is 17.4 Å². The van der Waals surface area contributed by atoms with Gasteiger partial charge >= 0.3 is 0 Å². The molecule has 1 aromatic carbocycles. The van der Waals surface area contributed by atoms with Gasteiger partial charge in [-0.25, -0.2) is 0 Å². The van der Waals surface area contributed by atoms with Gasteiger partial charge in [-0.2, -0.15) is 5.26 Å². The summed E-state index contributed by atoms with van der Waals surface area (Å²) in [6.07, 6.45) is 3.66. The summed E-state index contributed by atoms with van der Waals surface area (Å²) < 4.78 is 0. The maximum atomic E-state index is 10.4. The van der Waals surface area contributed by atoms with Gasteiger partial charge in [0, 0.05) is 12.1 Å². The topological polar surface area (TPSA) is 66.9 Å². The van der Waals surface area contributed by atoms with Crippen LogP contribution in [0.5, 0.6) is 0 Å². The Balaban J connectivity index is 2.85. The van der Waals surface area contributed by atoms with Crippen molar-refractivity contribution in [1.29, 1.82) is 5.26 Å². The van der Waals surface area contributed by atoms with Crippen LogP contribution in [0, 0.1) is 21.4 Å². The van der Waals surface area contributed by atoms with Crippen molar-refractivity contribution in [3.05, 3.63) is 46.0 Å². The van der Waals surface area contributed by atoms with Crippen LogP contribution in [-0.2, 0) is 0 Å². The molecule has 0 radical (unpaired) electrons. The van der Waals surface area contributed by atoms with Crippen LogP contribution in [0.1, 0.15) is 12.0 Å². The van der Waals surface area contributed by atoms with Crippen molar-refractivity contribution in [3.8, 4) is 6.07 Å². The normalized spacial score (nSPS) is 9.93. The first-order chi connectivity index (χ1) is 6.74. The smallest absolute Gasteiger partial charge is 0.258 e. The molecule has 0 N–H and O–H groups in total. The minimum absolute atomic E-state index is 0.0594. The predicted octanol–water partition coefficient (Wildman–Crippen LogP) is 2.52. The van der Waals surface area contributed by atoms with Gasteiger partial charge < -0.3 is 0 Å². The van der Waals surface area contributed by atoms with E-state index in [1.54, 1.807) is 24.3 Å². The summed E-state index contributed by atoms with van der Waals surface area (Å²) in [5.41, 5.74) is 0.790. The molecule has 4 heteroatoms. The van der Waals surface area contributed by atoms with Crippen LogP contribution >= 0.6 is 0 Å². The van der Waals surface area contributed by atoms with E-state index in [1.165, 1.54) is 12.1 Å². The van der Waals surface area contributed by atoms with Crippen LogP contribution in [0.2, 0.25) is 0 Å². The van der Waals surface area contributed by atoms with Crippen molar-refractivity contribution >= 4 is 11.8 Å². The fourth-order valence-electron chi connectivity index (χ4n) is 0.990. The lowest BCUT2D eigenvalue weighted by Gasteiger charge is -1.93. The van der Waals surface area contributed by atoms with E-state index in [2.05, 4.69) is 0 Å². The molecule has 1 aromatic rings. The molecule has 1 rings (SSSR count). The molecule has 0 amide bonds. The number of non-ortho nitro benzene ring substituents is 1.